The molecule has 0 aliphatic heterocycles. The molecule has 3 fully saturated rings. The Morgan fingerprint density at radius 1 is 0.667 bits per heavy atom. The molecule has 0 saturated heterocycles. The first-order chi connectivity index (χ1) is 13.3. The molecule has 0 aromatic carbocycles. The highest BCUT2D eigenvalue weighted by atomic mass is 28.4. The van der Waals surface area contributed by atoms with Crippen LogP contribution in [0, 0.1) is 0 Å². The Kier molecular flexibility index (Phi) is 9.37. The summed E-state index contributed by atoms with van der Waals surface area (Å²) in [4.78, 5) is 0. The van der Waals surface area contributed by atoms with Crippen LogP contribution in [-0.2, 0) is 13.3 Å². The Labute approximate surface area is 168 Å². The monoisotopic (exact) mass is 394 g/mol. The summed E-state index contributed by atoms with van der Waals surface area (Å²) in [6.45, 7) is 2.27. The third-order valence-corrected chi connectivity index (χ3v) is 9.08. The average Bonchev–Trinajstić information content (AvgIpc) is 3.42. The van der Waals surface area contributed by atoms with Crippen LogP contribution in [-0.4, -0.2) is 27.1 Å². The predicted octanol–water partition coefficient (Wildman–Crippen LogP) is 6.87. The second kappa shape index (κ2) is 11.7. The van der Waals surface area contributed by atoms with E-state index in [1.165, 1.54) is 103 Å². The van der Waals surface area contributed by atoms with Crippen molar-refractivity contribution in [1.29, 1.82) is 0 Å². The van der Waals surface area contributed by atoms with Crippen LogP contribution in [0.1, 0.15) is 116 Å². The molecule has 3 saturated carbocycles. The Bertz CT molecular complexity index is 376. The molecular weight excluding hydrogens is 352 g/mol. The van der Waals surface area contributed by atoms with Crippen molar-refractivity contribution >= 4 is 8.80 Å². The van der Waals surface area contributed by atoms with Crippen LogP contribution >= 0.6 is 0 Å². The quantitative estimate of drug-likeness (QED) is 0.267. The molecule has 3 nitrogen and oxygen atoms in total. The second-order valence-electron chi connectivity index (χ2n) is 8.93. The number of hydrogen-bond acceptors (Lipinski definition) is 3. The van der Waals surface area contributed by atoms with E-state index in [2.05, 4.69) is 18.7 Å². The van der Waals surface area contributed by atoms with Crippen molar-refractivity contribution in [3.63, 3.8) is 0 Å². The average molecular weight is 395 g/mol. The van der Waals surface area contributed by atoms with Crippen LogP contribution in [0.15, 0.2) is 11.8 Å². The van der Waals surface area contributed by atoms with E-state index in [0.717, 1.165) is 6.42 Å². The van der Waals surface area contributed by atoms with Gasteiger partial charge in [-0.25, -0.2) is 0 Å². The summed E-state index contributed by atoms with van der Waals surface area (Å²) in [6.07, 6.45) is 24.6. The van der Waals surface area contributed by atoms with E-state index in [1.807, 2.05) is 0 Å². The zero-order valence-electron chi connectivity index (χ0n) is 17.6. The van der Waals surface area contributed by atoms with E-state index in [1.54, 1.807) is 0 Å². The van der Waals surface area contributed by atoms with Gasteiger partial charge in [0, 0.05) is 18.3 Å². The standard InChI is InChI=1S/C23H42O3Si/c1-2-3-4-5-6-13-20-27(24-21-14-7-8-15-21,25-22-16-9-10-17-22)26-23-18-11-12-19-23/h13,20-23H,2-12,14-19H2,1H3. The number of allylic oxidation sites excluding steroid dienone is 1. The molecule has 3 aliphatic carbocycles. The summed E-state index contributed by atoms with van der Waals surface area (Å²) in [6, 6.07) is 0. The van der Waals surface area contributed by atoms with E-state index in [4.69, 9.17) is 13.3 Å². The van der Waals surface area contributed by atoms with Crippen molar-refractivity contribution in [3.8, 4) is 0 Å². The summed E-state index contributed by atoms with van der Waals surface area (Å²) < 4.78 is 20.3. The molecule has 3 rings (SSSR count). The van der Waals surface area contributed by atoms with Gasteiger partial charge in [-0.3, -0.25) is 0 Å². The lowest BCUT2D eigenvalue weighted by atomic mass is 10.2. The minimum atomic E-state index is -2.74. The van der Waals surface area contributed by atoms with E-state index >= 15 is 0 Å². The van der Waals surface area contributed by atoms with Crippen LogP contribution in [0.25, 0.3) is 0 Å². The summed E-state index contributed by atoms with van der Waals surface area (Å²) in [5.74, 6) is 0. The lowest BCUT2D eigenvalue weighted by molar-refractivity contribution is -0.00586. The molecule has 0 aromatic heterocycles. The third kappa shape index (κ3) is 7.30. The van der Waals surface area contributed by atoms with Gasteiger partial charge >= 0.3 is 8.80 Å². The van der Waals surface area contributed by atoms with Crippen molar-refractivity contribution < 1.29 is 13.3 Å². The first kappa shape index (κ1) is 21.5. The van der Waals surface area contributed by atoms with E-state index in [9.17, 15) is 0 Å². The normalized spacial score (nSPS) is 23.3. The third-order valence-electron chi connectivity index (χ3n) is 6.45. The lowest BCUT2D eigenvalue weighted by Gasteiger charge is -2.34. The molecule has 0 spiro atoms. The van der Waals surface area contributed by atoms with Gasteiger partial charge in [-0.05, 0) is 57.1 Å². The van der Waals surface area contributed by atoms with Crippen molar-refractivity contribution in [2.75, 3.05) is 0 Å². The first-order valence-electron chi connectivity index (χ1n) is 12.0. The molecule has 0 amide bonds. The smallest absolute Gasteiger partial charge is 0.367 e. The Morgan fingerprint density at radius 2 is 1.11 bits per heavy atom. The van der Waals surface area contributed by atoms with E-state index in [-0.39, 0.29) is 0 Å². The van der Waals surface area contributed by atoms with Crippen molar-refractivity contribution in [2.24, 2.45) is 0 Å². The fourth-order valence-electron chi connectivity index (χ4n) is 4.83. The Hall–Kier alpha value is -0.163. The van der Waals surface area contributed by atoms with Crippen LogP contribution in [0.2, 0.25) is 0 Å². The summed E-state index contributed by atoms with van der Waals surface area (Å²) in [5.41, 5.74) is 2.29. The maximum Gasteiger partial charge on any atom is 0.530 e. The molecule has 27 heavy (non-hydrogen) atoms. The highest BCUT2D eigenvalue weighted by molar-refractivity contribution is 6.66. The minimum Gasteiger partial charge on any atom is -0.367 e. The van der Waals surface area contributed by atoms with Crippen LogP contribution < -0.4 is 0 Å². The molecule has 0 unspecified atom stereocenters. The highest BCUT2D eigenvalue weighted by Gasteiger charge is 2.46. The van der Waals surface area contributed by atoms with Gasteiger partial charge in [0.2, 0.25) is 0 Å². The predicted molar refractivity (Wildman–Crippen MR) is 114 cm³/mol. The molecule has 0 bridgehead atoms. The fraction of sp³-hybridized carbons (Fsp3) is 0.913. The van der Waals surface area contributed by atoms with Crippen molar-refractivity contribution in [1.82, 2.24) is 0 Å². The van der Waals surface area contributed by atoms with Gasteiger partial charge in [0.1, 0.15) is 0 Å². The molecule has 156 valence electrons. The van der Waals surface area contributed by atoms with Gasteiger partial charge in [0.05, 0.1) is 0 Å². The topological polar surface area (TPSA) is 27.7 Å². The SMILES string of the molecule is CCCCCCC=C[Si](OC1CCCC1)(OC1CCCC1)OC1CCCC1. The maximum absolute atomic E-state index is 6.76. The maximum atomic E-state index is 6.76. The Balaban J connectivity index is 1.67. The molecule has 0 radical (unpaired) electrons. The summed E-state index contributed by atoms with van der Waals surface area (Å²) in [7, 11) is -2.74. The zero-order valence-corrected chi connectivity index (χ0v) is 18.6. The molecule has 0 N–H and O–H groups in total. The van der Waals surface area contributed by atoms with Crippen molar-refractivity contribution in [3.05, 3.63) is 11.8 Å². The van der Waals surface area contributed by atoms with Gasteiger partial charge in [-0.1, -0.05) is 70.8 Å². The molecule has 3 aliphatic rings. The van der Waals surface area contributed by atoms with Gasteiger partial charge in [0.25, 0.3) is 0 Å². The largest absolute Gasteiger partial charge is 0.530 e. The van der Waals surface area contributed by atoms with Crippen LogP contribution in [0.3, 0.4) is 0 Å². The second-order valence-corrected chi connectivity index (χ2v) is 11.2. The van der Waals surface area contributed by atoms with E-state index < -0.39 is 8.80 Å². The summed E-state index contributed by atoms with van der Waals surface area (Å²) >= 11 is 0. The molecule has 0 aromatic rings. The number of rotatable bonds is 12. The first-order valence-corrected chi connectivity index (χ1v) is 13.8. The lowest BCUT2D eigenvalue weighted by Crippen LogP contribution is -2.50. The van der Waals surface area contributed by atoms with Gasteiger partial charge in [0.15, 0.2) is 0 Å². The van der Waals surface area contributed by atoms with Gasteiger partial charge in [-0.15, -0.1) is 0 Å². The number of unbranched alkanes of at least 4 members (excludes halogenated alkanes) is 4. The molecular formula is C23H42O3Si. The zero-order chi connectivity index (χ0) is 18.8. The molecule has 0 atom stereocenters. The minimum absolute atomic E-state index is 0.351. The van der Waals surface area contributed by atoms with Crippen LogP contribution in [0.5, 0.6) is 0 Å². The molecule has 4 heteroatoms. The summed E-state index contributed by atoms with van der Waals surface area (Å²) in [5, 5.41) is 0. The number of hydrogen-bond donors (Lipinski definition) is 0. The van der Waals surface area contributed by atoms with Crippen LogP contribution in [0.4, 0.5) is 0 Å². The van der Waals surface area contributed by atoms with Gasteiger partial charge in [-0.2, -0.15) is 0 Å². The van der Waals surface area contributed by atoms with Gasteiger partial charge < -0.3 is 13.3 Å². The molecule has 0 heterocycles. The van der Waals surface area contributed by atoms with E-state index in [0.29, 0.717) is 18.3 Å². The highest BCUT2D eigenvalue weighted by Crippen LogP contribution is 2.34. The van der Waals surface area contributed by atoms with Crippen molar-refractivity contribution in [2.45, 2.75) is 134 Å². The fourth-order valence-corrected chi connectivity index (χ4v) is 7.79. The Morgan fingerprint density at radius 3 is 1.52 bits per heavy atom.